The molecule has 2 aromatic rings. The first-order valence-corrected chi connectivity index (χ1v) is 8.66. The minimum atomic E-state index is 0.229. The Morgan fingerprint density at radius 3 is 2.87 bits per heavy atom. The van der Waals surface area contributed by atoms with Gasteiger partial charge in [-0.1, -0.05) is 6.07 Å². The molecule has 5 nitrogen and oxygen atoms in total. The Labute approximate surface area is 136 Å². The molecule has 0 aliphatic carbocycles. The van der Waals surface area contributed by atoms with Crippen LogP contribution in [0.5, 0.6) is 0 Å². The summed E-state index contributed by atoms with van der Waals surface area (Å²) in [5.41, 5.74) is 2.12. The van der Waals surface area contributed by atoms with Crippen molar-refractivity contribution in [1.82, 2.24) is 19.2 Å². The van der Waals surface area contributed by atoms with Crippen molar-refractivity contribution >= 4 is 11.6 Å². The fourth-order valence-electron chi connectivity index (χ4n) is 4.34. The summed E-state index contributed by atoms with van der Waals surface area (Å²) < 4.78 is 2.08. The first kappa shape index (κ1) is 14.7. The van der Waals surface area contributed by atoms with Gasteiger partial charge in [-0.15, -0.1) is 0 Å². The molecule has 5 heteroatoms. The summed E-state index contributed by atoms with van der Waals surface area (Å²) >= 11 is 0. The number of fused-ring (bicyclic) bond motifs is 1. The molecule has 0 radical (unpaired) electrons. The highest BCUT2D eigenvalue weighted by molar-refractivity contribution is 5.74. The second-order valence-corrected chi connectivity index (χ2v) is 6.80. The van der Waals surface area contributed by atoms with Crippen LogP contribution in [0, 0.1) is 0 Å². The van der Waals surface area contributed by atoms with E-state index in [1.54, 1.807) is 6.92 Å². The van der Waals surface area contributed by atoms with Gasteiger partial charge in [0, 0.05) is 44.5 Å². The predicted molar refractivity (Wildman–Crippen MR) is 89.0 cm³/mol. The average molecular weight is 312 g/mol. The van der Waals surface area contributed by atoms with Crippen molar-refractivity contribution in [2.75, 3.05) is 13.1 Å². The van der Waals surface area contributed by atoms with E-state index >= 15 is 0 Å². The normalized spacial score (nSPS) is 25.5. The van der Waals surface area contributed by atoms with Gasteiger partial charge in [0.25, 0.3) is 0 Å². The second-order valence-electron chi connectivity index (χ2n) is 6.80. The first-order valence-electron chi connectivity index (χ1n) is 8.66. The predicted octanol–water partition coefficient (Wildman–Crippen LogP) is 2.31. The van der Waals surface area contributed by atoms with E-state index in [9.17, 15) is 4.79 Å². The van der Waals surface area contributed by atoms with E-state index in [0.29, 0.717) is 12.1 Å². The molecule has 2 aliphatic heterocycles. The zero-order valence-electron chi connectivity index (χ0n) is 13.7. The van der Waals surface area contributed by atoms with Gasteiger partial charge in [-0.05, 0) is 44.4 Å². The third-order valence-electron chi connectivity index (χ3n) is 5.34. The summed E-state index contributed by atoms with van der Waals surface area (Å²) in [7, 11) is 0. The third-order valence-corrected chi connectivity index (χ3v) is 5.34. The lowest BCUT2D eigenvalue weighted by Gasteiger charge is -2.34. The molecule has 0 N–H and O–H groups in total. The summed E-state index contributed by atoms with van der Waals surface area (Å²) in [4.78, 5) is 21.2. The van der Waals surface area contributed by atoms with Crippen molar-refractivity contribution in [2.24, 2.45) is 0 Å². The lowest BCUT2D eigenvalue weighted by atomic mass is 10.0. The molecule has 1 amide bonds. The maximum Gasteiger partial charge on any atom is 0.219 e. The summed E-state index contributed by atoms with van der Waals surface area (Å²) in [6, 6.07) is 6.98. The number of likely N-dealkylation sites (tertiary alicyclic amines) is 2. The number of imidazole rings is 1. The van der Waals surface area contributed by atoms with Crippen LogP contribution in [0.3, 0.4) is 0 Å². The molecule has 122 valence electrons. The molecule has 2 aromatic heterocycles. The number of nitrogens with zero attached hydrogens (tertiary/aromatic N) is 4. The number of pyridine rings is 1. The molecule has 2 fully saturated rings. The Kier molecular flexibility index (Phi) is 3.81. The van der Waals surface area contributed by atoms with Gasteiger partial charge >= 0.3 is 0 Å². The number of amides is 1. The van der Waals surface area contributed by atoms with E-state index in [0.717, 1.165) is 43.8 Å². The lowest BCUT2D eigenvalue weighted by molar-refractivity contribution is -0.130. The molecule has 0 spiro atoms. The van der Waals surface area contributed by atoms with E-state index < -0.39 is 0 Å². The van der Waals surface area contributed by atoms with Crippen molar-refractivity contribution in [1.29, 1.82) is 0 Å². The Morgan fingerprint density at radius 1 is 1.22 bits per heavy atom. The monoisotopic (exact) mass is 312 g/mol. The van der Waals surface area contributed by atoms with Crippen LogP contribution in [-0.2, 0) is 11.3 Å². The standard InChI is InChI=1S/C18H24N4O/c1-14(23)22-11-5-7-17(22)16-6-4-10-20(16)12-15-13-21-9-3-2-8-18(21)19-15/h2-3,8-9,13,16-17H,4-7,10-12H2,1H3/t16-,17+/m1/s1. The van der Waals surface area contributed by atoms with Crippen molar-refractivity contribution in [3.63, 3.8) is 0 Å². The SMILES string of the molecule is CC(=O)N1CCC[C@H]1[C@H]1CCCN1Cc1cn2ccccc2n1. The second kappa shape index (κ2) is 5.96. The number of rotatable bonds is 3. The highest BCUT2D eigenvalue weighted by Crippen LogP contribution is 2.31. The van der Waals surface area contributed by atoms with Crippen LogP contribution < -0.4 is 0 Å². The molecule has 2 atom stereocenters. The zero-order valence-corrected chi connectivity index (χ0v) is 13.7. The highest BCUT2D eigenvalue weighted by Gasteiger charge is 2.38. The van der Waals surface area contributed by atoms with Gasteiger partial charge in [-0.25, -0.2) is 4.98 Å². The molecule has 0 unspecified atom stereocenters. The molecule has 2 aliphatic rings. The number of carbonyl (C=O) groups is 1. The fraction of sp³-hybridized carbons (Fsp3) is 0.556. The molecular formula is C18H24N4O. The zero-order chi connectivity index (χ0) is 15.8. The molecule has 2 saturated heterocycles. The Morgan fingerprint density at radius 2 is 2.04 bits per heavy atom. The number of carbonyl (C=O) groups excluding carboxylic acids is 1. The van der Waals surface area contributed by atoms with Gasteiger partial charge in [0.1, 0.15) is 5.65 Å². The average Bonchev–Trinajstić information content (AvgIpc) is 3.25. The summed E-state index contributed by atoms with van der Waals surface area (Å²) in [6.45, 7) is 4.63. The smallest absolute Gasteiger partial charge is 0.219 e. The van der Waals surface area contributed by atoms with Crippen LogP contribution in [0.4, 0.5) is 0 Å². The fourth-order valence-corrected chi connectivity index (χ4v) is 4.34. The summed E-state index contributed by atoms with van der Waals surface area (Å²) in [6.07, 6.45) is 8.88. The Bertz CT molecular complexity index is 677. The van der Waals surface area contributed by atoms with Crippen LogP contribution in [0.15, 0.2) is 30.6 Å². The van der Waals surface area contributed by atoms with E-state index in [1.165, 1.54) is 12.8 Å². The molecule has 4 heterocycles. The Hall–Kier alpha value is -1.88. The molecule has 0 saturated carbocycles. The van der Waals surface area contributed by atoms with Crippen LogP contribution in [-0.4, -0.2) is 50.3 Å². The number of hydrogen-bond donors (Lipinski definition) is 0. The van der Waals surface area contributed by atoms with E-state index in [2.05, 4.69) is 20.4 Å². The largest absolute Gasteiger partial charge is 0.338 e. The number of hydrogen-bond acceptors (Lipinski definition) is 3. The molecule has 4 rings (SSSR count). The van der Waals surface area contributed by atoms with E-state index in [-0.39, 0.29) is 5.91 Å². The van der Waals surface area contributed by atoms with E-state index in [1.807, 2.05) is 24.4 Å². The van der Waals surface area contributed by atoms with Crippen molar-refractivity contribution < 1.29 is 4.79 Å². The third kappa shape index (κ3) is 2.74. The Balaban J connectivity index is 1.52. The van der Waals surface area contributed by atoms with E-state index in [4.69, 9.17) is 4.98 Å². The maximum atomic E-state index is 11.9. The first-order chi connectivity index (χ1) is 11.2. The van der Waals surface area contributed by atoms with Gasteiger partial charge < -0.3 is 9.30 Å². The molecule has 23 heavy (non-hydrogen) atoms. The van der Waals surface area contributed by atoms with Crippen LogP contribution >= 0.6 is 0 Å². The van der Waals surface area contributed by atoms with Gasteiger partial charge in [-0.3, -0.25) is 9.69 Å². The minimum absolute atomic E-state index is 0.229. The lowest BCUT2D eigenvalue weighted by Crippen LogP contribution is -2.47. The van der Waals surface area contributed by atoms with Gasteiger partial charge in [0.15, 0.2) is 0 Å². The van der Waals surface area contributed by atoms with Gasteiger partial charge in [-0.2, -0.15) is 0 Å². The molecule has 0 bridgehead atoms. The maximum absolute atomic E-state index is 11.9. The van der Waals surface area contributed by atoms with Crippen LogP contribution in [0.1, 0.15) is 38.3 Å². The van der Waals surface area contributed by atoms with Gasteiger partial charge in [0.05, 0.1) is 5.69 Å². The quantitative estimate of drug-likeness (QED) is 0.873. The number of aromatic nitrogens is 2. The molecule has 0 aromatic carbocycles. The molecular weight excluding hydrogens is 288 g/mol. The highest BCUT2D eigenvalue weighted by atomic mass is 16.2. The van der Waals surface area contributed by atoms with Crippen molar-refractivity contribution in [3.8, 4) is 0 Å². The van der Waals surface area contributed by atoms with Crippen molar-refractivity contribution in [2.45, 2.75) is 51.2 Å². The minimum Gasteiger partial charge on any atom is -0.338 e. The van der Waals surface area contributed by atoms with Gasteiger partial charge in [0.2, 0.25) is 5.91 Å². The van der Waals surface area contributed by atoms with Crippen LogP contribution in [0.25, 0.3) is 5.65 Å². The topological polar surface area (TPSA) is 40.9 Å². The summed E-state index contributed by atoms with van der Waals surface area (Å²) in [5.74, 6) is 0.229. The van der Waals surface area contributed by atoms with Crippen LogP contribution in [0.2, 0.25) is 0 Å². The summed E-state index contributed by atoms with van der Waals surface area (Å²) in [5, 5.41) is 0. The van der Waals surface area contributed by atoms with Crippen molar-refractivity contribution in [3.05, 3.63) is 36.3 Å².